The fourth-order valence-corrected chi connectivity index (χ4v) is 3.51. The van der Waals surface area contributed by atoms with Gasteiger partial charge in [0, 0.05) is 14.7 Å². The van der Waals surface area contributed by atoms with Gasteiger partial charge in [-0.1, -0.05) is 34.1 Å². The summed E-state index contributed by atoms with van der Waals surface area (Å²) in [4.78, 5) is 0. The van der Waals surface area contributed by atoms with E-state index in [1.165, 1.54) is 6.07 Å². The Labute approximate surface area is 123 Å². The standard InChI is InChI=1S/C15H11BrFNS/c16-10-4-5-13(17)12(8-10)14(18)11-3-1-2-9-6-7-19-15(9)11/h1-8,14H,18H2. The summed E-state index contributed by atoms with van der Waals surface area (Å²) in [5.74, 6) is -0.274. The lowest BCUT2D eigenvalue weighted by atomic mass is 9.98. The summed E-state index contributed by atoms with van der Waals surface area (Å²) >= 11 is 4.99. The molecule has 0 saturated carbocycles. The number of fused-ring (bicyclic) bond motifs is 1. The molecule has 2 N–H and O–H groups in total. The van der Waals surface area contributed by atoms with E-state index in [1.807, 2.05) is 29.6 Å². The first-order valence-electron chi connectivity index (χ1n) is 5.83. The van der Waals surface area contributed by atoms with Crippen molar-refractivity contribution in [3.63, 3.8) is 0 Å². The summed E-state index contributed by atoms with van der Waals surface area (Å²) in [5.41, 5.74) is 7.73. The summed E-state index contributed by atoms with van der Waals surface area (Å²) in [7, 11) is 0. The second kappa shape index (κ2) is 5.04. The van der Waals surface area contributed by atoms with E-state index in [-0.39, 0.29) is 5.82 Å². The first-order valence-corrected chi connectivity index (χ1v) is 7.51. The summed E-state index contributed by atoms with van der Waals surface area (Å²) < 4.78 is 15.9. The van der Waals surface area contributed by atoms with Gasteiger partial charge in [0.2, 0.25) is 0 Å². The second-order valence-electron chi connectivity index (χ2n) is 4.33. The molecule has 1 unspecified atom stereocenters. The van der Waals surface area contributed by atoms with Crippen LogP contribution in [-0.4, -0.2) is 0 Å². The molecule has 0 aliphatic carbocycles. The van der Waals surface area contributed by atoms with Crippen molar-refractivity contribution in [2.75, 3.05) is 0 Å². The number of thiophene rings is 1. The fourth-order valence-electron chi connectivity index (χ4n) is 2.18. The average Bonchev–Trinajstić information content (AvgIpc) is 2.89. The first-order chi connectivity index (χ1) is 9.16. The lowest BCUT2D eigenvalue weighted by molar-refractivity contribution is 0.600. The minimum absolute atomic E-state index is 0.274. The van der Waals surface area contributed by atoms with Crippen LogP contribution in [0.3, 0.4) is 0 Å². The van der Waals surface area contributed by atoms with Crippen LogP contribution in [0.25, 0.3) is 10.1 Å². The Kier molecular flexibility index (Phi) is 3.39. The molecular weight excluding hydrogens is 325 g/mol. The van der Waals surface area contributed by atoms with Crippen LogP contribution in [0.5, 0.6) is 0 Å². The highest BCUT2D eigenvalue weighted by molar-refractivity contribution is 9.10. The van der Waals surface area contributed by atoms with E-state index in [2.05, 4.69) is 15.9 Å². The molecule has 1 atom stereocenters. The molecule has 1 nitrogen and oxygen atoms in total. The van der Waals surface area contributed by atoms with Crippen LogP contribution in [0.15, 0.2) is 52.3 Å². The predicted octanol–water partition coefficient (Wildman–Crippen LogP) is 4.85. The van der Waals surface area contributed by atoms with Crippen molar-refractivity contribution in [1.82, 2.24) is 0 Å². The van der Waals surface area contributed by atoms with Crippen LogP contribution in [-0.2, 0) is 0 Å². The fraction of sp³-hybridized carbons (Fsp3) is 0.0667. The Balaban J connectivity index is 2.15. The topological polar surface area (TPSA) is 26.0 Å². The lowest BCUT2D eigenvalue weighted by Crippen LogP contribution is -2.13. The predicted molar refractivity (Wildman–Crippen MR) is 82.0 cm³/mol. The molecule has 1 aromatic heterocycles. The van der Waals surface area contributed by atoms with E-state index in [4.69, 9.17) is 5.73 Å². The molecule has 0 aliphatic rings. The van der Waals surface area contributed by atoms with Crippen LogP contribution >= 0.6 is 27.3 Å². The minimum Gasteiger partial charge on any atom is -0.320 e. The number of halogens is 2. The Morgan fingerprint density at radius 3 is 2.79 bits per heavy atom. The SMILES string of the molecule is NC(c1cc(Br)ccc1F)c1cccc2ccsc12. The monoisotopic (exact) mass is 335 g/mol. The molecule has 0 aliphatic heterocycles. The first kappa shape index (κ1) is 12.8. The molecule has 1 heterocycles. The molecule has 3 aromatic rings. The highest BCUT2D eigenvalue weighted by atomic mass is 79.9. The van der Waals surface area contributed by atoms with Crippen molar-refractivity contribution in [2.45, 2.75) is 6.04 Å². The maximum atomic E-state index is 13.9. The Morgan fingerprint density at radius 1 is 1.11 bits per heavy atom. The highest BCUT2D eigenvalue weighted by Crippen LogP contribution is 2.32. The Bertz CT molecular complexity index is 738. The summed E-state index contributed by atoms with van der Waals surface area (Å²) in [6.07, 6.45) is 0. The summed E-state index contributed by atoms with van der Waals surface area (Å²) in [6.45, 7) is 0. The molecule has 4 heteroatoms. The normalized spacial score (nSPS) is 12.8. The molecule has 0 spiro atoms. The zero-order valence-corrected chi connectivity index (χ0v) is 12.3. The molecule has 96 valence electrons. The van der Waals surface area contributed by atoms with Crippen molar-refractivity contribution in [3.8, 4) is 0 Å². The molecule has 0 radical (unpaired) electrons. The Hall–Kier alpha value is -1.23. The van der Waals surface area contributed by atoms with E-state index in [1.54, 1.807) is 23.5 Å². The smallest absolute Gasteiger partial charge is 0.128 e. The van der Waals surface area contributed by atoms with Crippen molar-refractivity contribution in [1.29, 1.82) is 0 Å². The average molecular weight is 336 g/mol. The van der Waals surface area contributed by atoms with Gasteiger partial charge >= 0.3 is 0 Å². The van der Waals surface area contributed by atoms with E-state index < -0.39 is 6.04 Å². The van der Waals surface area contributed by atoms with Gasteiger partial charge in [-0.2, -0.15) is 0 Å². The Morgan fingerprint density at radius 2 is 1.95 bits per heavy atom. The van der Waals surface area contributed by atoms with Gasteiger partial charge in [-0.05, 0) is 40.6 Å². The molecular formula is C15H11BrFNS. The van der Waals surface area contributed by atoms with Crippen molar-refractivity contribution in [2.24, 2.45) is 5.73 Å². The largest absolute Gasteiger partial charge is 0.320 e. The third-order valence-corrected chi connectivity index (χ3v) is 4.61. The third kappa shape index (κ3) is 2.31. The van der Waals surface area contributed by atoms with Crippen molar-refractivity contribution < 1.29 is 4.39 Å². The number of hydrogen-bond donors (Lipinski definition) is 1. The highest BCUT2D eigenvalue weighted by Gasteiger charge is 2.16. The summed E-state index contributed by atoms with van der Waals surface area (Å²) in [5, 5.41) is 3.17. The number of hydrogen-bond acceptors (Lipinski definition) is 2. The lowest BCUT2D eigenvalue weighted by Gasteiger charge is -2.15. The third-order valence-electron chi connectivity index (χ3n) is 3.14. The molecule has 2 aromatic carbocycles. The molecule has 0 saturated heterocycles. The molecule has 0 fully saturated rings. The number of nitrogens with two attached hydrogens (primary N) is 1. The van der Waals surface area contributed by atoms with Gasteiger partial charge < -0.3 is 5.73 Å². The molecule has 19 heavy (non-hydrogen) atoms. The maximum Gasteiger partial charge on any atom is 0.128 e. The van der Waals surface area contributed by atoms with E-state index in [9.17, 15) is 4.39 Å². The van der Waals surface area contributed by atoms with Crippen LogP contribution in [0.2, 0.25) is 0 Å². The zero-order valence-electron chi connectivity index (χ0n) is 9.94. The molecule has 3 rings (SSSR count). The van der Waals surface area contributed by atoms with E-state index in [0.717, 1.165) is 20.1 Å². The molecule has 0 bridgehead atoms. The zero-order chi connectivity index (χ0) is 13.4. The van der Waals surface area contributed by atoms with Gasteiger partial charge in [0.05, 0.1) is 6.04 Å². The summed E-state index contributed by atoms with van der Waals surface area (Å²) in [6, 6.07) is 12.4. The van der Waals surface area contributed by atoms with Crippen LogP contribution in [0.4, 0.5) is 4.39 Å². The van der Waals surface area contributed by atoms with Crippen molar-refractivity contribution in [3.05, 3.63) is 69.3 Å². The van der Waals surface area contributed by atoms with Crippen LogP contribution in [0.1, 0.15) is 17.2 Å². The van der Waals surface area contributed by atoms with Crippen LogP contribution in [0, 0.1) is 5.82 Å². The van der Waals surface area contributed by atoms with Gasteiger partial charge in [0.15, 0.2) is 0 Å². The van der Waals surface area contributed by atoms with Gasteiger partial charge in [0.25, 0.3) is 0 Å². The minimum atomic E-state index is -0.458. The van der Waals surface area contributed by atoms with Gasteiger partial charge in [-0.15, -0.1) is 11.3 Å². The second-order valence-corrected chi connectivity index (χ2v) is 6.16. The molecule has 0 amide bonds. The van der Waals surface area contributed by atoms with E-state index >= 15 is 0 Å². The number of benzene rings is 2. The van der Waals surface area contributed by atoms with Gasteiger partial charge in [-0.3, -0.25) is 0 Å². The number of rotatable bonds is 2. The van der Waals surface area contributed by atoms with Crippen LogP contribution < -0.4 is 5.73 Å². The van der Waals surface area contributed by atoms with Gasteiger partial charge in [0.1, 0.15) is 5.82 Å². The maximum absolute atomic E-state index is 13.9. The van der Waals surface area contributed by atoms with Gasteiger partial charge in [-0.25, -0.2) is 4.39 Å². The van der Waals surface area contributed by atoms with E-state index in [0.29, 0.717) is 5.56 Å². The van der Waals surface area contributed by atoms with Crippen molar-refractivity contribution >= 4 is 37.4 Å². The quantitative estimate of drug-likeness (QED) is 0.711.